The highest BCUT2D eigenvalue weighted by Crippen LogP contribution is 2.16. The van der Waals surface area contributed by atoms with Crippen LogP contribution in [0.4, 0.5) is 15.8 Å². The number of β-amino-alcohol motifs (C(OH)–C–C–N with tert-alkyl or cyclic N) is 1. The molecular formula is C12H16FN3O2. The van der Waals surface area contributed by atoms with E-state index >= 15 is 0 Å². The summed E-state index contributed by atoms with van der Waals surface area (Å²) in [6.45, 7) is 1.44. The molecule has 18 heavy (non-hydrogen) atoms. The first kappa shape index (κ1) is 12.8. The summed E-state index contributed by atoms with van der Waals surface area (Å²) in [6.07, 6.45) is 0.343. The third-order valence-corrected chi connectivity index (χ3v) is 2.89. The Labute approximate surface area is 104 Å². The van der Waals surface area contributed by atoms with Crippen molar-refractivity contribution in [3.8, 4) is 0 Å². The molecule has 6 heteroatoms. The molecule has 0 aliphatic carbocycles. The van der Waals surface area contributed by atoms with E-state index < -0.39 is 5.82 Å². The summed E-state index contributed by atoms with van der Waals surface area (Å²) in [5.74, 6) is -0.703. The summed E-state index contributed by atoms with van der Waals surface area (Å²) in [5.41, 5.74) is 5.88. The minimum atomic E-state index is -0.504. The predicted octanol–water partition coefficient (Wildman–Crippen LogP) is 0.413. The predicted molar refractivity (Wildman–Crippen MR) is 66.5 cm³/mol. The molecule has 1 aliphatic heterocycles. The number of benzene rings is 1. The molecule has 1 aromatic carbocycles. The zero-order valence-corrected chi connectivity index (χ0v) is 9.90. The van der Waals surface area contributed by atoms with E-state index in [-0.39, 0.29) is 24.2 Å². The average molecular weight is 253 g/mol. The van der Waals surface area contributed by atoms with Crippen LogP contribution in [-0.4, -0.2) is 41.7 Å². The summed E-state index contributed by atoms with van der Waals surface area (Å²) >= 11 is 0. The third-order valence-electron chi connectivity index (χ3n) is 2.89. The van der Waals surface area contributed by atoms with E-state index in [1.54, 1.807) is 0 Å². The van der Waals surface area contributed by atoms with Gasteiger partial charge in [0.1, 0.15) is 5.82 Å². The second-order valence-corrected chi connectivity index (χ2v) is 4.46. The van der Waals surface area contributed by atoms with Crippen molar-refractivity contribution in [1.29, 1.82) is 0 Å². The molecule has 2 rings (SSSR count). The number of halogens is 1. The molecule has 5 nitrogen and oxygen atoms in total. The quantitative estimate of drug-likeness (QED) is 0.682. The fourth-order valence-corrected chi connectivity index (χ4v) is 1.98. The number of aliphatic hydroxyl groups excluding tert-OH is 1. The Bertz CT molecular complexity index is 453. The minimum Gasteiger partial charge on any atom is -0.396 e. The van der Waals surface area contributed by atoms with Crippen molar-refractivity contribution in [2.45, 2.75) is 12.5 Å². The number of hydrogen-bond donors (Lipinski definition) is 3. The highest BCUT2D eigenvalue weighted by atomic mass is 19.1. The van der Waals surface area contributed by atoms with Crippen molar-refractivity contribution in [3.63, 3.8) is 0 Å². The molecule has 1 atom stereocenters. The lowest BCUT2D eigenvalue weighted by Crippen LogP contribution is -2.32. The Hall–Kier alpha value is -1.66. The SMILES string of the molecule is Nc1cc(NC(=O)CN2CCC(O)C2)ccc1F. The number of carbonyl (C=O) groups excluding carboxylic acids is 1. The standard InChI is InChI=1S/C12H16FN3O2/c13-10-2-1-8(5-11(10)14)15-12(18)7-16-4-3-9(17)6-16/h1-2,5,9,17H,3-4,6-7,14H2,(H,15,18). The van der Waals surface area contributed by atoms with Crippen molar-refractivity contribution in [2.75, 3.05) is 30.7 Å². The summed E-state index contributed by atoms with van der Waals surface area (Å²) in [6, 6.07) is 4.05. The fourth-order valence-electron chi connectivity index (χ4n) is 1.98. The van der Waals surface area contributed by atoms with E-state index in [2.05, 4.69) is 5.32 Å². The van der Waals surface area contributed by atoms with Gasteiger partial charge in [-0.05, 0) is 24.6 Å². The van der Waals surface area contributed by atoms with E-state index in [9.17, 15) is 14.3 Å². The smallest absolute Gasteiger partial charge is 0.238 e. The molecule has 1 heterocycles. The maximum absolute atomic E-state index is 12.9. The largest absolute Gasteiger partial charge is 0.396 e. The van der Waals surface area contributed by atoms with Gasteiger partial charge in [-0.25, -0.2) is 4.39 Å². The molecule has 4 N–H and O–H groups in total. The number of hydrogen-bond acceptors (Lipinski definition) is 4. The first-order valence-electron chi connectivity index (χ1n) is 5.80. The van der Waals surface area contributed by atoms with Crippen molar-refractivity contribution >= 4 is 17.3 Å². The topological polar surface area (TPSA) is 78.6 Å². The Morgan fingerprint density at radius 3 is 3.00 bits per heavy atom. The molecule has 0 saturated carbocycles. The van der Waals surface area contributed by atoms with Crippen molar-refractivity contribution in [2.24, 2.45) is 0 Å². The molecule has 1 aliphatic rings. The summed E-state index contributed by atoms with van der Waals surface area (Å²) < 4.78 is 12.9. The van der Waals surface area contributed by atoms with Gasteiger partial charge in [-0.15, -0.1) is 0 Å². The second-order valence-electron chi connectivity index (χ2n) is 4.46. The van der Waals surface area contributed by atoms with Gasteiger partial charge in [0.05, 0.1) is 18.3 Å². The van der Waals surface area contributed by atoms with Crippen LogP contribution in [0.2, 0.25) is 0 Å². The number of likely N-dealkylation sites (tertiary alicyclic amines) is 1. The van der Waals surface area contributed by atoms with Crippen LogP contribution in [0, 0.1) is 5.82 Å². The van der Waals surface area contributed by atoms with Gasteiger partial charge in [-0.1, -0.05) is 0 Å². The van der Waals surface area contributed by atoms with Gasteiger partial charge in [-0.2, -0.15) is 0 Å². The van der Waals surface area contributed by atoms with Crippen LogP contribution in [0.5, 0.6) is 0 Å². The van der Waals surface area contributed by atoms with Crippen LogP contribution >= 0.6 is 0 Å². The van der Waals surface area contributed by atoms with E-state index in [0.717, 1.165) is 0 Å². The van der Waals surface area contributed by atoms with Crippen LogP contribution in [0.1, 0.15) is 6.42 Å². The Morgan fingerprint density at radius 1 is 1.61 bits per heavy atom. The Morgan fingerprint density at radius 2 is 2.39 bits per heavy atom. The Kier molecular flexibility index (Phi) is 3.78. The number of nitrogens with one attached hydrogen (secondary N) is 1. The maximum Gasteiger partial charge on any atom is 0.238 e. The first-order chi connectivity index (χ1) is 8.54. The lowest BCUT2D eigenvalue weighted by molar-refractivity contribution is -0.117. The summed E-state index contributed by atoms with van der Waals surface area (Å²) in [5, 5.41) is 12.0. The molecule has 0 radical (unpaired) electrons. The zero-order valence-electron chi connectivity index (χ0n) is 9.90. The highest BCUT2D eigenvalue weighted by Gasteiger charge is 2.21. The number of nitrogen functional groups attached to an aromatic ring is 1. The number of nitrogens with two attached hydrogens (primary N) is 1. The summed E-state index contributed by atoms with van der Waals surface area (Å²) in [7, 11) is 0. The summed E-state index contributed by atoms with van der Waals surface area (Å²) in [4.78, 5) is 13.6. The number of amides is 1. The monoisotopic (exact) mass is 253 g/mol. The number of carbonyl (C=O) groups is 1. The van der Waals surface area contributed by atoms with Gasteiger partial charge in [-0.3, -0.25) is 9.69 Å². The van der Waals surface area contributed by atoms with E-state index in [1.165, 1.54) is 18.2 Å². The van der Waals surface area contributed by atoms with E-state index in [0.29, 0.717) is 25.2 Å². The van der Waals surface area contributed by atoms with Crippen LogP contribution < -0.4 is 11.1 Å². The van der Waals surface area contributed by atoms with Gasteiger partial charge in [0.25, 0.3) is 0 Å². The van der Waals surface area contributed by atoms with E-state index in [1.807, 2.05) is 4.90 Å². The third kappa shape index (κ3) is 3.18. The van der Waals surface area contributed by atoms with Crippen LogP contribution in [0.15, 0.2) is 18.2 Å². The minimum absolute atomic E-state index is 0.00407. The van der Waals surface area contributed by atoms with Crippen LogP contribution in [0.3, 0.4) is 0 Å². The fraction of sp³-hybridized carbons (Fsp3) is 0.417. The molecule has 1 fully saturated rings. The maximum atomic E-state index is 12.9. The molecule has 0 bridgehead atoms. The number of aliphatic hydroxyl groups is 1. The zero-order chi connectivity index (χ0) is 13.1. The molecule has 1 unspecified atom stereocenters. The molecule has 1 amide bonds. The van der Waals surface area contributed by atoms with E-state index in [4.69, 9.17) is 5.73 Å². The number of nitrogens with zero attached hydrogens (tertiary/aromatic N) is 1. The lowest BCUT2D eigenvalue weighted by Gasteiger charge is -2.14. The van der Waals surface area contributed by atoms with Crippen molar-refractivity contribution < 1.29 is 14.3 Å². The number of rotatable bonds is 3. The second kappa shape index (κ2) is 5.32. The van der Waals surface area contributed by atoms with Gasteiger partial charge in [0.15, 0.2) is 0 Å². The highest BCUT2D eigenvalue weighted by molar-refractivity contribution is 5.92. The van der Waals surface area contributed by atoms with Crippen molar-refractivity contribution in [3.05, 3.63) is 24.0 Å². The van der Waals surface area contributed by atoms with Gasteiger partial charge in [0.2, 0.25) is 5.91 Å². The first-order valence-corrected chi connectivity index (χ1v) is 5.80. The molecule has 0 spiro atoms. The molecular weight excluding hydrogens is 237 g/mol. The average Bonchev–Trinajstić information content (AvgIpc) is 2.69. The normalized spacial score (nSPS) is 20.0. The lowest BCUT2D eigenvalue weighted by atomic mass is 10.2. The van der Waals surface area contributed by atoms with Crippen molar-refractivity contribution in [1.82, 2.24) is 4.90 Å². The van der Waals surface area contributed by atoms with Crippen LogP contribution in [-0.2, 0) is 4.79 Å². The van der Waals surface area contributed by atoms with Gasteiger partial charge < -0.3 is 16.2 Å². The molecule has 98 valence electrons. The van der Waals surface area contributed by atoms with Gasteiger partial charge >= 0.3 is 0 Å². The molecule has 1 aromatic rings. The number of anilines is 2. The molecule has 0 aromatic heterocycles. The van der Waals surface area contributed by atoms with Gasteiger partial charge in [0, 0.05) is 18.8 Å². The molecule has 1 saturated heterocycles. The Balaban J connectivity index is 1.89. The van der Waals surface area contributed by atoms with Crippen LogP contribution in [0.25, 0.3) is 0 Å².